The standard InChI is InChI=1S/C37H29N5.Ni/c1-4-10-25(11-5-1)35-29-16-14-27(38-29)24-28-15-17-30(39-28)36(26-12-6-2-7-13-26)32-19-21-34(41-32)37(33-20-18-31(35)40-33)42-22-8-3-9-23-42;/h1-2,4-7,10-21,24H,3,8-9,22-23H2;/q-2;+2. The Morgan fingerprint density at radius 2 is 0.977 bits per heavy atom. The van der Waals surface area contributed by atoms with Crippen LogP contribution in [0.5, 0.6) is 0 Å². The van der Waals surface area contributed by atoms with E-state index in [0.29, 0.717) is 0 Å². The Kier molecular flexibility index (Phi) is 7.30. The second-order valence-electron chi connectivity index (χ2n) is 11.0. The molecule has 0 radical (unpaired) electrons. The van der Waals surface area contributed by atoms with E-state index in [1.807, 2.05) is 18.2 Å². The van der Waals surface area contributed by atoms with E-state index in [2.05, 4.69) is 102 Å². The SMILES string of the molecule is C1=Cc2nc1cc1nc(c(-c3ccccc3)c3ccc([n-]3)c(N3CCCCC3)c3ccc([n-]3)c2-c2ccccc2)C=C1.[Ni+2]. The first-order chi connectivity index (χ1) is 20.8. The van der Waals surface area contributed by atoms with Gasteiger partial charge in [-0.2, -0.15) is 0 Å². The van der Waals surface area contributed by atoms with Crippen molar-refractivity contribution in [2.24, 2.45) is 0 Å². The maximum Gasteiger partial charge on any atom is 2.00 e. The summed E-state index contributed by atoms with van der Waals surface area (Å²) in [6, 6.07) is 31.5. The summed E-state index contributed by atoms with van der Waals surface area (Å²) in [6.45, 7) is 2.00. The van der Waals surface area contributed by atoms with Crippen molar-refractivity contribution < 1.29 is 16.5 Å². The van der Waals surface area contributed by atoms with Crippen LogP contribution in [0.15, 0.2) is 91.0 Å². The number of fused-ring (bicyclic) bond motifs is 8. The molecule has 5 aromatic rings. The van der Waals surface area contributed by atoms with Gasteiger partial charge < -0.3 is 14.9 Å². The van der Waals surface area contributed by atoms with E-state index < -0.39 is 0 Å². The quantitative estimate of drug-likeness (QED) is 0.191. The molecule has 43 heavy (non-hydrogen) atoms. The van der Waals surface area contributed by atoms with Gasteiger partial charge in [0.1, 0.15) is 0 Å². The Morgan fingerprint density at radius 1 is 0.512 bits per heavy atom. The van der Waals surface area contributed by atoms with Crippen molar-refractivity contribution in [2.75, 3.05) is 18.0 Å². The predicted molar refractivity (Wildman–Crippen MR) is 174 cm³/mol. The zero-order chi connectivity index (χ0) is 27.9. The van der Waals surface area contributed by atoms with Gasteiger partial charge in [-0.15, -0.1) is 22.1 Å². The topological polar surface area (TPSA) is 57.2 Å². The van der Waals surface area contributed by atoms with Crippen LogP contribution in [-0.4, -0.2) is 23.1 Å². The molecule has 0 atom stereocenters. The molecule has 8 bridgehead atoms. The minimum Gasteiger partial charge on any atom is -0.656 e. The summed E-state index contributed by atoms with van der Waals surface area (Å²) < 4.78 is 0. The molecule has 8 rings (SSSR count). The Balaban J connectivity index is 0.00000300. The Bertz CT molecular complexity index is 1880. The summed E-state index contributed by atoms with van der Waals surface area (Å²) in [4.78, 5) is 23.2. The molecule has 1 fully saturated rings. The molecule has 3 aliphatic heterocycles. The van der Waals surface area contributed by atoms with Crippen LogP contribution in [0.25, 0.3) is 68.6 Å². The fourth-order valence-corrected chi connectivity index (χ4v) is 6.25. The van der Waals surface area contributed by atoms with Crippen molar-refractivity contribution in [1.29, 1.82) is 0 Å². The summed E-state index contributed by atoms with van der Waals surface area (Å²) in [6.07, 6.45) is 11.9. The fourth-order valence-electron chi connectivity index (χ4n) is 6.25. The molecule has 6 heteroatoms. The van der Waals surface area contributed by atoms with Crippen LogP contribution in [0.2, 0.25) is 0 Å². The van der Waals surface area contributed by atoms with E-state index in [1.54, 1.807) is 0 Å². The number of benzene rings is 2. The molecule has 3 aliphatic rings. The normalized spacial score (nSPS) is 14.1. The van der Waals surface area contributed by atoms with Crippen molar-refractivity contribution in [1.82, 2.24) is 19.9 Å². The Labute approximate surface area is 261 Å². The molecular formula is C37H29N5Ni. The fraction of sp³-hybridized carbons (Fsp3) is 0.135. The van der Waals surface area contributed by atoms with Crippen LogP contribution in [0.1, 0.15) is 42.0 Å². The van der Waals surface area contributed by atoms with Crippen LogP contribution >= 0.6 is 0 Å². The molecule has 0 unspecified atom stereocenters. The molecular weight excluding hydrogens is 573 g/mol. The maximum absolute atomic E-state index is 5.28. The average molecular weight is 602 g/mol. The third-order valence-electron chi connectivity index (χ3n) is 8.21. The second kappa shape index (κ2) is 11.5. The van der Waals surface area contributed by atoms with E-state index in [4.69, 9.17) is 19.9 Å². The molecule has 2 aromatic carbocycles. The van der Waals surface area contributed by atoms with Gasteiger partial charge in [0.15, 0.2) is 0 Å². The zero-order valence-electron chi connectivity index (χ0n) is 23.6. The van der Waals surface area contributed by atoms with Crippen LogP contribution < -0.4 is 14.9 Å². The van der Waals surface area contributed by atoms with Crippen molar-refractivity contribution in [2.45, 2.75) is 19.3 Å². The molecule has 0 aliphatic carbocycles. The number of piperidine rings is 1. The summed E-state index contributed by atoms with van der Waals surface area (Å²) in [7, 11) is 0. The van der Waals surface area contributed by atoms with E-state index in [9.17, 15) is 0 Å². The number of aromatic nitrogens is 4. The number of hydrogen-bond acceptors (Lipinski definition) is 3. The van der Waals surface area contributed by atoms with Crippen LogP contribution in [-0.2, 0) is 16.5 Å². The van der Waals surface area contributed by atoms with Crippen molar-refractivity contribution in [3.8, 4) is 22.3 Å². The van der Waals surface area contributed by atoms with Gasteiger partial charge in [0.05, 0.1) is 22.8 Å². The van der Waals surface area contributed by atoms with E-state index in [-0.39, 0.29) is 16.5 Å². The summed E-state index contributed by atoms with van der Waals surface area (Å²) >= 11 is 0. The predicted octanol–water partition coefficient (Wildman–Crippen LogP) is 8.24. The third kappa shape index (κ3) is 5.13. The van der Waals surface area contributed by atoms with Crippen molar-refractivity contribution >= 4 is 52.1 Å². The van der Waals surface area contributed by atoms with Crippen LogP contribution in [0.3, 0.4) is 0 Å². The third-order valence-corrected chi connectivity index (χ3v) is 8.21. The van der Waals surface area contributed by atoms with Gasteiger partial charge in [-0.05, 0) is 71.9 Å². The number of rotatable bonds is 3. The van der Waals surface area contributed by atoms with E-state index >= 15 is 0 Å². The molecule has 5 nitrogen and oxygen atoms in total. The first-order valence-corrected chi connectivity index (χ1v) is 14.7. The first-order valence-electron chi connectivity index (χ1n) is 14.7. The first kappa shape index (κ1) is 27.2. The smallest absolute Gasteiger partial charge is 0.656 e. The average Bonchev–Trinajstić information content (AvgIpc) is 3.86. The van der Waals surface area contributed by atoms with Crippen molar-refractivity contribution in [3.05, 3.63) is 114 Å². The number of nitrogens with zero attached hydrogens (tertiary/aromatic N) is 5. The minimum absolute atomic E-state index is 0. The van der Waals surface area contributed by atoms with Gasteiger partial charge in [-0.3, -0.25) is 0 Å². The van der Waals surface area contributed by atoms with Gasteiger partial charge in [0.2, 0.25) is 0 Å². The molecule has 3 aromatic heterocycles. The molecule has 0 spiro atoms. The van der Waals surface area contributed by atoms with Crippen LogP contribution in [0.4, 0.5) is 5.69 Å². The largest absolute Gasteiger partial charge is 2.00 e. The van der Waals surface area contributed by atoms with E-state index in [0.717, 1.165) is 85.9 Å². The Morgan fingerprint density at radius 3 is 1.47 bits per heavy atom. The summed E-state index contributed by atoms with van der Waals surface area (Å²) in [5, 5.41) is 0. The molecule has 0 amide bonds. The monoisotopic (exact) mass is 601 g/mol. The Hall–Kier alpha value is -4.67. The van der Waals surface area contributed by atoms with Crippen molar-refractivity contribution in [3.63, 3.8) is 0 Å². The molecule has 1 saturated heterocycles. The maximum atomic E-state index is 5.28. The number of hydrogen-bond donors (Lipinski definition) is 0. The van der Waals surface area contributed by atoms with Gasteiger partial charge in [0.25, 0.3) is 0 Å². The van der Waals surface area contributed by atoms with Gasteiger partial charge in [0, 0.05) is 18.8 Å². The van der Waals surface area contributed by atoms with E-state index in [1.165, 1.54) is 19.3 Å². The minimum atomic E-state index is 0. The zero-order valence-corrected chi connectivity index (χ0v) is 24.5. The summed E-state index contributed by atoms with van der Waals surface area (Å²) in [5.74, 6) is 0. The molecule has 212 valence electrons. The molecule has 0 saturated carbocycles. The van der Waals surface area contributed by atoms with Crippen LogP contribution in [0, 0.1) is 0 Å². The second-order valence-corrected chi connectivity index (χ2v) is 11.0. The van der Waals surface area contributed by atoms with Gasteiger partial charge in [-0.25, -0.2) is 9.97 Å². The van der Waals surface area contributed by atoms with Gasteiger partial charge >= 0.3 is 16.5 Å². The summed E-state index contributed by atoms with van der Waals surface area (Å²) in [5.41, 5.74) is 12.6. The molecule has 0 N–H and O–H groups in total. The van der Waals surface area contributed by atoms with Gasteiger partial charge in [-0.1, -0.05) is 84.9 Å². The number of anilines is 1. The molecule has 6 heterocycles.